The van der Waals surface area contributed by atoms with Gasteiger partial charge in [-0.25, -0.2) is 0 Å². The first-order chi connectivity index (χ1) is 9.22. The summed E-state index contributed by atoms with van der Waals surface area (Å²) in [6.45, 7) is 3.16. The number of likely N-dealkylation sites (tertiary alicyclic amines) is 1. The molecule has 2 rings (SSSR count). The molecule has 0 aromatic heterocycles. The number of hydrogen-bond donors (Lipinski definition) is 2. The highest BCUT2D eigenvalue weighted by Gasteiger charge is 2.21. The Morgan fingerprint density at radius 1 is 1.42 bits per heavy atom. The van der Waals surface area contributed by atoms with Gasteiger partial charge in [-0.1, -0.05) is 24.3 Å². The maximum Gasteiger partial charge on any atom is 0.0916 e. The molecule has 1 saturated heterocycles. The first kappa shape index (κ1) is 14.5. The van der Waals surface area contributed by atoms with Crippen LogP contribution in [0.25, 0.3) is 0 Å². The van der Waals surface area contributed by atoms with Gasteiger partial charge in [0.15, 0.2) is 0 Å². The van der Waals surface area contributed by atoms with Crippen molar-refractivity contribution in [1.82, 2.24) is 4.90 Å². The molecule has 1 fully saturated rings. The van der Waals surface area contributed by atoms with E-state index in [2.05, 4.69) is 4.90 Å². The van der Waals surface area contributed by atoms with E-state index in [1.54, 1.807) is 7.11 Å². The zero-order chi connectivity index (χ0) is 13.7. The molecule has 0 bridgehead atoms. The van der Waals surface area contributed by atoms with Crippen LogP contribution in [0.3, 0.4) is 0 Å². The number of ether oxygens (including phenoxy) is 1. The molecule has 4 heteroatoms. The van der Waals surface area contributed by atoms with E-state index in [1.165, 1.54) is 0 Å². The third kappa shape index (κ3) is 4.01. The van der Waals surface area contributed by atoms with Gasteiger partial charge in [-0.05, 0) is 30.5 Å². The summed E-state index contributed by atoms with van der Waals surface area (Å²) < 4.78 is 5.40. The summed E-state index contributed by atoms with van der Waals surface area (Å²) in [7, 11) is 1.76. The van der Waals surface area contributed by atoms with Gasteiger partial charge in [0.25, 0.3) is 0 Å². The van der Waals surface area contributed by atoms with Crippen LogP contribution in [0, 0.1) is 0 Å². The third-order valence-electron chi connectivity index (χ3n) is 3.83. The maximum absolute atomic E-state index is 10.3. The standard InChI is InChI=1S/C15H24N2O2/c1-19-14-3-2-8-17(10-14)11-15(18)13-6-4-12(9-16)5-7-13/h4-7,14-15,18H,2-3,8-11,16H2,1H3. The lowest BCUT2D eigenvalue weighted by atomic mass is 10.0. The number of nitrogens with zero attached hydrogens (tertiary/aromatic N) is 1. The molecule has 1 aromatic carbocycles. The second-order valence-electron chi connectivity index (χ2n) is 5.22. The topological polar surface area (TPSA) is 58.7 Å². The molecule has 2 atom stereocenters. The molecule has 1 heterocycles. The molecule has 0 radical (unpaired) electrons. The molecule has 0 aliphatic carbocycles. The number of hydrogen-bond acceptors (Lipinski definition) is 4. The zero-order valence-electron chi connectivity index (χ0n) is 11.6. The summed E-state index contributed by atoms with van der Waals surface area (Å²) in [5.41, 5.74) is 7.62. The van der Waals surface area contributed by atoms with E-state index in [9.17, 15) is 5.11 Å². The number of β-amino-alcohol motifs (C(OH)–C–C–N with tert-alkyl or cyclic N) is 1. The Balaban J connectivity index is 1.90. The van der Waals surface area contributed by atoms with Crippen molar-refractivity contribution in [2.24, 2.45) is 5.73 Å². The Labute approximate surface area is 115 Å². The van der Waals surface area contributed by atoms with Crippen molar-refractivity contribution < 1.29 is 9.84 Å². The van der Waals surface area contributed by atoms with Crippen LogP contribution in [0.1, 0.15) is 30.1 Å². The van der Waals surface area contributed by atoms with E-state index in [0.29, 0.717) is 19.2 Å². The second kappa shape index (κ2) is 7.01. The highest BCUT2D eigenvalue weighted by Crippen LogP contribution is 2.19. The van der Waals surface area contributed by atoms with Gasteiger partial charge >= 0.3 is 0 Å². The van der Waals surface area contributed by atoms with Crippen molar-refractivity contribution in [2.75, 3.05) is 26.7 Å². The lowest BCUT2D eigenvalue weighted by Gasteiger charge is -2.33. The summed E-state index contributed by atoms with van der Waals surface area (Å²) in [6, 6.07) is 7.88. The largest absolute Gasteiger partial charge is 0.387 e. The van der Waals surface area contributed by atoms with E-state index < -0.39 is 6.10 Å². The smallest absolute Gasteiger partial charge is 0.0916 e. The van der Waals surface area contributed by atoms with Crippen LogP contribution in [0.4, 0.5) is 0 Å². The fourth-order valence-electron chi connectivity index (χ4n) is 2.60. The van der Waals surface area contributed by atoms with Crippen LogP contribution >= 0.6 is 0 Å². The molecule has 1 aliphatic rings. The van der Waals surface area contributed by atoms with Gasteiger partial charge in [0.1, 0.15) is 0 Å². The van der Waals surface area contributed by atoms with Crippen LogP contribution in [-0.2, 0) is 11.3 Å². The van der Waals surface area contributed by atoms with Crippen molar-refractivity contribution in [1.29, 1.82) is 0 Å². The zero-order valence-corrected chi connectivity index (χ0v) is 11.6. The Hall–Kier alpha value is -0.940. The van der Waals surface area contributed by atoms with Crippen molar-refractivity contribution in [3.05, 3.63) is 35.4 Å². The third-order valence-corrected chi connectivity index (χ3v) is 3.83. The highest BCUT2D eigenvalue weighted by atomic mass is 16.5. The average Bonchev–Trinajstić information content (AvgIpc) is 2.47. The lowest BCUT2D eigenvalue weighted by molar-refractivity contribution is 0.0127. The number of piperidine rings is 1. The van der Waals surface area contributed by atoms with Crippen molar-refractivity contribution in [3.63, 3.8) is 0 Å². The van der Waals surface area contributed by atoms with Gasteiger partial charge < -0.3 is 15.6 Å². The van der Waals surface area contributed by atoms with Gasteiger partial charge in [-0.3, -0.25) is 4.90 Å². The predicted molar refractivity (Wildman–Crippen MR) is 75.8 cm³/mol. The van der Waals surface area contributed by atoms with Crippen LogP contribution < -0.4 is 5.73 Å². The number of nitrogens with two attached hydrogens (primary N) is 1. The molecule has 4 nitrogen and oxygen atoms in total. The minimum atomic E-state index is -0.442. The molecule has 0 spiro atoms. The highest BCUT2D eigenvalue weighted by molar-refractivity contribution is 5.24. The Bertz CT molecular complexity index is 380. The normalized spacial score (nSPS) is 22.4. The van der Waals surface area contributed by atoms with E-state index in [1.807, 2.05) is 24.3 Å². The summed E-state index contributed by atoms with van der Waals surface area (Å²) in [4.78, 5) is 2.28. The number of methoxy groups -OCH3 is 1. The summed E-state index contributed by atoms with van der Waals surface area (Å²) in [5.74, 6) is 0. The quantitative estimate of drug-likeness (QED) is 0.841. The number of aliphatic hydroxyl groups excluding tert-OH is 1. The molecule has 106 valence electrons. The fourth-order valence-corrected chi connectivity index (χ4v) is 2.60. The van der Waals surface area contributed by atoms with Crippen LogP contribution in [0.15, 0.2) is 24.3 Å². The van der Waals surface area contributed by atoms with Crippen LogP contribution in [0.2, 0.25) is 0 Å². The summed E-state index contributed by atoms with van der Waals surface area (Å²) >= 11 is 0. The average molecular weight is 264 g/mol. The second-order valence-corrected chi connectivity index (χ2v) is 5.22. The molecular weight excluding hydrogens is 240 g/mol. The van der Waals surface area contributed by atoms with Gasteiger partial charge in [-0.2, -0.15) is 0 Å². The van der Waals surface area contributed by atoms with Gasteiger partial charge in [-0.15, -0.1) is 0 Å². The molecule has 2 unspecified atom stereocenters. The number of benzene rings is 1. The SMILES string of the molecule is COC1CCCN(CC(O)c2ccc(CN)cc2)C1. The molecule has 1 aromatic rings. The Morgan fingerprint density at radius 2 is 2.16 bits per heavy atom. The molecule has 19 heavy (non-hydrogen) atoms. The molecular formula is C15H24N2O2. The van der Waals surface area contributed by atoms with Gasteiger partial charge in [0, 0.05) is 26.7 Å². The van der Waals surface area contributed by atoms with Crippen molar-refractivity contribution >= 4 is 0 Å². The summed E-state index contributed by atoms with van der Waals surface area (Å²) in [5, 5.41) is 10.3. The van der Waals surface area contributed by atoms with Gasteiger partial charge in [0.2, 0.25) is 0 Å². The summed E-state index contributed by atoms with van der Waals surface area (Å²) in [6.07, 6.45) is 2.12. The van der Waals surface area contributed by atoms with Crippen LogP contribution in [0.5, 0.6) is 0 Å². The van der Waals surface area contributed by atoms with E-state index in [0.717, 1.165) is 37.1 Å². The Morgan fingerprint density at radius 3 is 2.79 bits per heavy atom. The lowest BCUT2D eigenvalue weighted by Crippen LogP contribution is -2.41. The molecule has 0 amide bonds. The Kier molecular flexibility index (Phi) is 5.34. The maximum atomic E-state index is 10.3. The van der Waals surface area contributed by atoms with Gasteiger partial charge in [0.05, 0.1) is 12.2 Å². The van der Waals surface area contributed by atoms with Crippen LogP contribution in [-0.4, -0.2) is 42.9 Å². The number of aliphatic hydroxyl groups is 1. The van der Waals surface area contributed by atoms with Crippen molar-refractivity contribution in [3.8, 4) is 0 Å². The minimum absolute atomic E-state index is 0.306. The first-order valence-corrected chi connectivity index (χ1v) is 6.95. The first-order valence-electron chi connectivity index (χ1n) is 6.95. The minimum Gasteiger partial charge on any atom is -0.387 e. The monoisotopic (exact) mass is 264 g/mol. The molecule has 1 aliphatic heterocycles. The van der Waals surface area contributed by atoms with E-state index in [-0.39, 0.29) is 0 Å². The predicted octanol–water partition coefficient (Wildman–Crippen LogP) is 1.29. The number of rotatable bonds is 5. The molecule has 3 N–H and O–H groups in total. The fraction of sp³-hybridized carbons (Fsp3) is 0.600. The van der Waals surface area contributed by atoms with Crippen molar-refractivity contribution in [2.45, 2.75) is 31.6 Å². The molecule has 0 saturated carbocycles. The van der Waals surface area contributed by atoms with E-state index in [4.69, 9.17) is 10.5 Å². The van der Waals surface area contributed by atoms with E-state index >= 15 is 0 Å².